The van der Waals surface area contributed by atoms with Crippen molar-refractivity contribution in [3.8, 4) is 0 Å². The maximum Gasteiger partial charge on any atom is 0.171 e. The molecule has 1 aliphatic heterocycles. The maximum atomic E-state index is 5.27. The van der Waals surface area contributed by atoms with Crippen LogP contribution in [-0.2, 0) is 8.92 Å². The van der Waals surface area contributed by atoms with Crippen molar-refractivity contribution in [3.63, 3.8) is 0 Å². The Balaban J connectivity index is 2.08. The lowest BCUT2D eigenvalue weighted by Crippen LogP contribution is -2.19. The van der Waals surface area contributed by atoms with Gasteiger partial charge in [-0.25, -0.2) is 0 Å². The van der Waals surface area contributed by atoms with E-state index in [2.05, 4.69) is 21.2 Å². The van der Waals surface area contributed by atoms with Gasteiger partial charge in [-0.1, -0.05) is 0 Å². The van der Waals surface area contributed by atoms with E-state index in [9.17, 15) is 0 Å². The van der Waals surface area contributed by atoms with Gasteiger partial charge in [-0.3, -0.25) is 4.18 Å². The van der Waals surface area contributed by atoms with Gasteiger partial charge in [0.1, 0.15) is 0 Å². The first kappa shape index (κ1) is 8.10. The summed E-state index contributed by atoms with van der Waals surface area (Å²) in [5.74, 6) is 0. The summed E-state index contributed by atoms with van der Waals surface area (Å²) < 4.78 is 10.4. The molecule has 1 heterocycles. The Morgan fingerprint density at radius 2 is 2.44 bits per heavy atom. The monoisotopic (exact) mass is 260 g/mol. The van der Waals surface area contributed by atoms with Crippen molar-refractivity contribution in [2.75, 3.05) is 6.61 Å². The van der Waals surface area contributed by atoms with Crippen molar-refractivity contribution in [1.29, 1.82) is 0 Å². The Labute approximate surface area is 71.5 Å². The number of rotatable bonds is 2. The molecule has 0 aliphatic carbocycles. The zero-order valence-electron chi connectivity index (χ0n) is 5.01. The minimum Gasteiger partial charge on any atom is -0.352 e. The second-order valence-electron chi connectivity index (χ2n) is 1.96. The molecule has 0 aromatic carbocycles. The van der Waals surface area contributed by atoms with Crippen LogP contribution in [0.1, 0.15) is 19.3 Å². The van der Waals surface area contributed by atoms with Gasteiger partial charge < -0.3 is 4.74 Å². The zero-order valence-corrected chi connectivity index (χ0v) is 7.98. The molecule has 0 spiro atoms. The Hall–Kier alpha value is 1.00. The van der Waals surface area contributed by atoms with E-state index < -0.39 is 0 Å². The standard InChI is InChI=1S/C5H9IO2S/c6-9-8-5-3-1-2-4-7-5/h5H,1-4H2. The molecular formula is C5H9IO2S. The average Bonchev–Trinajstić information content (AvgIpc) is 1.91. The maximum absolute atomic E-state index is 5.27. The Kier molecular flexibility index (Phi) is 4.28. The molecular weight excluding hydrogens is 251 g/mol. The van der Waals surface area contributed by atoms with E-state index in [0.717, 1.165) is 13.0 Å². The molecule has 0 aromatic rings. The van der Waals surface area contributed by atoms with Gasteiger partial charge in [0.05, 0.1) is 9.21 Å². The molecule has 1 atom stereocenters. The Morgan fingerprint density at radius 1 is 1.56 bits per heavy atom. The molecule has 4 heteroatoms. The summed E-state index contributed by atoms with van der Waals surface area (Å²) in [7, 11) is 1.35. The van der Waals surface area contributed by atoms with Gasteiger partial charge in [0.15, 0.2) is 6.29 Å². The average molecular weight is 260 g/mol. The third-order valence-corrected chi connectivity index (χ3v) is 2.19. The van der Waals surface area contributed by atoms with Crippen LogP contribution in [0, 0.1) is 0 Å². The van der Waals surface area contributed by atoms with Gasteiger partial charge in [0.25, 0.3) is 0 Å². The fraction of sp³-hybridized carbons (Fsp3) is 1.00. The summed E-state index contributed by atoms with van der Waals surface area (Å²) in [6.45, 7) is 0.863. The first-order chi connectivity index (χ1) is 4.43. The summed E-state index contributed by atoms with van der Waals surface area (Å²) >= 11 is 2.10. The number of ether oxygens (including phenoxy) is 1. The minimum absolute atomic E-state index is 0.0562. The van der Waals surface area contributed by atoms with Gasteiger partial charge in [-0.05, 0) is 19.3 Å². The molecule has 1 rings (SSSR count). The van der Waals surface area contributed by atoms with Crippen molar-refractivity contribution in [1.82, 2.24) is 0 Å². The molecule has 1 fully saturated rings. The van der Waals surface area contributed by atoms with Crippen LogP contribution >= 0.6 is 30.4 Å². The third-order valence-electron chi connectivity index (χ3n) is 1.28. The van der Waals surface area contributed by atoms with Crippen molar-refractivity contribution >= 4 is 30.4 Å². The van der Waals surface area contributed by atoms with E-state index >= 15 is 0 Å². The van der Waals surface area contributed by atoms with Crippen LogP contribution in [0.5, 0.6) is 0 Å². The van der Waals surface area contributed by atoms with E-state index in [-0.39, 0.29) is 6.29 Å². The molecule has 1 aliphatic rings. The lowest BCUT2D eigenvalue weighted by atomic mass is 10.2. The van der Waals surface area contributed by atoms with E-state index in [0.29, 0.717) is 0 Å². The van der Waals surface area contributed by atoms with Crippen LogP contribution in [0.25, 0.3) is 0 Å². The highest BCUT2D eigenvalue weighted by molar-refractivity contribution is 14.2. The molecule has 0 aromatic heterocycles. The van der Waals surface area contributed by atoms with Crippen LogP contribution < -0.4 is 0 Å². The zero-order chi connectivity index (χ0) is 6.53. The molecule has 0 saturated carbocycles. The second kappa shape index (κ2) is 4.76. The first-order valence-electron chi connectivity index (χ1n) is 2.99. The van der Waals surface area contributed by atoms with Crippen molar-refractivity contribution in [3.05, 3.63) is 0 Å². The van der Waals surface area contributed by atoms with Crippen LogP contribution in [0.4, 0.5) is 0 Å². The van der Waals surface area contributed by atoms with Crippen LogP contribution in [-0.4, -0.2) is 12.9 Å². The molecule has 9 heavy (non-hydrogen) atoms. The Bertz CT molecular complexity index is 72.6. The summed E-state index contributed by atoms with van der Waals surface area (Å²) in [5.41, 5.74) is 0. The van der Waals surface area contributed by atoms with E-state index in [4.69, 9.17) is 8.92 Å². The van der Waals surface area contributed by atoms with Gasteiger partial charge >= 0.3 is 0 Å². The fourth-order valence-corrected chi connectivity index (χ4v) is 1.76. The first-order valence-corrected chi connectivity index (χ1v) is 6.27. The molecule has 0 bridgehead atoms. The van der Waals surface area contributed by atoms with Crippen LogP contribution in [0.3, 0.4) is 0 Å². The summed E-state index contributed by atoms with van der Waals surface area (Å²) in [4.78, 5) is 0. The highest BCUT2D eigenvalue weighted by Gasteiger charge is 2.13. The Morgan fingerprint density at radius 3 is 3.00 bits per heavy atom. The predicted octanol–water partition coefficient (Wildman–Crippen LogP) is 2.53. The van der Waals surface area contributed by atoms with E-state index in [1.807, 2.05) is 0 Å². The smallest absolute Gasteiger partial charge is 0.171 e. The molecule has 2 nitrogen and oxygen atoms in total. The fourth-order valence-electron chi connectivity index (χ4n) is 0.828. The van der Waals surface area contributed by atoms with Crippen LogP contribution in [0.15, 0.2) is 0 Å². The van der Waals surface area contributed by atoms with Gasteiger partial charge in [-0.2, -0.15) is 0 Å². The summed E-state index contributed by atoms with van der Waals surface area (Å²) in [5, 5.41) is 0. The lowest BCUT2D eigenvalue weighted by Gasteiger charge is -2.20. The predicted molar refractivity (Wildman–Crippen MR) is 46.3 cm³/mol. The normalized spacial score (nSPS) is 28.3. The van der Waals surface area contributed by atoms with Crippen molar-refractivity contribution < 1.29 is 8.92 Å². The SMILES string of the molecule is ISOC1CCCCO1. The molecule has 1 unspecified atom stereocenters. The highest BCUT2D eigenvalue weighted by atomic mass is 127. The van der Waals surface area contributed by atoms with Crippen molar-refractivity contribution in [2.45, 2.75) is 25.6 Å². The molecule has 1 saturated heterocycles. The number of hydrogen-bond donors (Lipinski definition) is 0. The lowest BCUT2D eigenvalue weighted by molar-refractivity contribution is -0.0945. The molecule has 0 radical (unpaired) electrons. The van der Waals surface area contributed by atoms with Crippen LogP contribution in [0.2, 0.25) is 0 Å². The summed E-state index contributed by atoms with van der Waals surface area (Å²) in [6, 6.07) is 0. The topological polar surface area (TPSA) is 18.5 Å². The van der Waals surface area contributed by atoms with Gasteiger partial charge in [-0.15, -0.1) is 0 Å². The highest BCUT2D eigenvalue weighted by Crippen LogP contribution is 2.22. The largest absolute Gasteiger partial charge is 0.352 e. The summed E-state index contributed by atoms with van der Waals surface area (Å²) in [6.07, 6.45) is 3.53. The van der Waals surface area contributed by atoms with Gasteiger partial charge in [0, 0.05) is 27.8 Å². The van der Waals surface area contributed by atoms with Crippen molar-refractivity contribution in [2.24, 2.45) is 0 Å². The molecule has 0 N–H and O–H groups in total. The molecule has 0 amide bonds. The third kappa shape index (κ3) is 3.06. The second-order valence-corrected chi connectivity index (χ2v) is 3.35. The van der Waals surface area contributed by atoms with E-state index in [1.54, 1.807) is 0 Å². The number of halogens is 1. The van der Waals surface area contributed by atoms with E-state index in [1.165, 1.54) is 22.1 Å². The van der Waals surface area contributed by atoms with Gasteiger partial charge in [0.2, 0.25) is 0 Å². The number of hydrogen-bond acceptors (Lipinski definition) is 3. The minimum atomic E-state index is 0.0562. The molecule has 54 valence electrons. The quantitative estimate of drug-likeness (QED) is 0.561.